The molecule has 1 aromatic heterocycles. The summed E-state index contributed by atoms with van der Waals surface area (Å²) in [7, 11) is 1.71. The van der Waals surface area contributed by atoms with Gasteiger partial charge in [0.05, 0.1) is 6.54 Å². The van der Waals surface area contributed by atoms with Crippen molar-refractivity contribution < 1.29 is 4.79 Å². The van der Waals surface area contributed by atoms with Crippen LogP contribution < -0.4 is 15.5 Å². The van der Waals surface area contributed by atoms with Crippen molar-refractivity contribution in [2.45, 2.75) is 6.54 Å². The third kappa shape index (κ3) is 7.11. The molecule has 3 rings (SSSR count). The third-order valence-electron chi connectivity index (χ3n) is 4.78. The number of amides is 1. The number of aromatic nitrogens is 1. The monoisotopic (exact) mass is 530 g/mol. The highest BCUT2D eigenvalue weighted by Crippen LogP contribution is 2.19. The van der Waals surface area contributed by atoms with Gasteiger partial charge in [-0.2, -0.15) is 0 Å². The molecule has 2 N–H and O–H groups in total. The van der Waals surface area contributed by atoms with Crippen molar-refractivity contribution in [3.8, 4) is 0 Å². The molecule has 0 unspecified atom stereocenters. The summed E-state index contributed by atoms with van der Waals surface area (Å²) in [5, 5.41) is 7.07. The van der Waals surface area contributed by atoms with E-state index in [4.69, 9.17) is 11.6 Å². The van der Waals surface area contributed by atoms with Crippen molar-refractivity contribution >= 4 is 53.1 Å². The Hall–Kier alpha value is -1.94. The number of benzene rings is 1. The fraction of sp³-hybridized carbons (Fsp3) is 0.400. The largest absolute Gasteiger partial charge is 0.368 e. The first-order valence-corrected chi connectivity index (χ1v) is 9.87. The highest BCUT2D eigenvalue weighted by atomic mass is 127. The lowest BCUT2D eigenvalue weighted by molar-refractivity contribution is -0.130. The molecule has 1 aliphatic heterocycles. The first-order valence-electron chi connectivity index (χ1n) is 9.49. The molecule has 1 amide bonds. The Morgan fingerprint density at radius 1 is 1.07 bits per heavy atom. The van der Waals surface area contributed by atoms with Crippen LogP contribution in [0.4, 0.5) is 5.69 Å². The number of rotatable bonds is 6. The minimum Gasteiger partial charge on any atom is -0.368 e. The average molecular weight is 531 g/mol. The number of aliphatic imine (C=N–C) groups is 1. The smallest absolute Gasteiger partial charge is 0.242 e. The minimum atomic E-state index is 0. The predicted octanol–water partition coefficient (Wildman–Crippen LogP) is 2.27. The van der Waals surface area contributed by atoms with E-state index >= 15 is 0 Å². The SMILES string of the molecule is CN=C(NCCn1cccc1)NCC(=O)N1CCN(c2ccc(Cl)cc2)CC1.I. The number of nitrogens with one attached hydrogen (secondary N) is 2. The van der Waals surface area contributed by atoms with Crippen molar-refractivity contribution in [3.63, 3.8) is 0 Å². The lowest BCUT2D eigenvalue weighted by Gasteiger charge is -2.36. The van der Waals surface area contributed by atoms with Gasteiger partial charge in [-0.3, -0.25) is 9.79 Å². The fourth-order valence-electron chi connectivity index (χ4n) is 3.18. The predicted molar refractivity (Wildman–Crippen MR) is 129 cm³/mol. The number of nitrogens with zero attached hydrogens (tertiary/aromatic N) is 4. The first kappa shape index (κ1) is 23.3. The number of hydrogen-bond acceptors (Lipinski definition) is 3. The van der Waals surface area contributed by atoms with E-state index in [0.717, 1.165) is 36.9 Å². The number of carbonyl (C=O) groups excluding carboxylic acids is 1. The van der Waals surface area contributed by atoms with Crippen molar-refractivity contribution in [1.29, 1.82) is 0 Å². The van der Waals surface area contributed by atoms with Gasteiger partial charge in [0.1, 0.15) is 0 Å². The topological polar surface area (TPSA) is 64.9 Å². The number of guanidine groups is 1. The molecule has 1 fully saturated rings. The van der Waals surface area contributed by atoms with Crippen LogP contribution in [0.25, 0.3) is 0 Å². The molecule has 0 atom stereocenters. The Morgan fingerprint density at radius 3 is 2.34 bits per heavy atom. The zero-order valence-electron chi connectivity index (χ0n) is 16.6. The Balaban J connectivity index is 0.00000300. The molecular formula is C20H28ClIN6O. The molecule has 2 aromatic rings. The van der Waals surface area contributed by atoms with Crippen LogP contribution in [-0.2, 0) is 11.3 Å². The summed E-state index contributed by atoms with van der Waals surface area (Å²) >= 11 is 5.95. The van der Waals surface area contributed by atoms with Crippen molar-refractivity contribution in [2.24, 2.45) is 4.99 Å². The summed E-state index contributed by atoms with van der Waals surface area (Å²) in [6, 6.07) is 11.8. The van der Waals surface area contributed by atoms with E-state index in [1.54, 1.807) is 7.05 Å². The van der Waals surface area contributed by atoms with Gasteiger partial charge in [0, 0.05) is 69.4 Å². The van der Waals surface area contributed by atoms with E-state index in [2.05, 4.69) is 25.1 Å². The third-order valence-corrected chi connectivity index (χ3v) is 5.04. The quantitative estimate of drug-likeness (QED) is 0.342. The van der Waals surface area contributed by atoms with Crippen molar-refractivity contribution in [3.05, 3.63) is 53.8 Å². The second-order valence-corrected chi connectivity index (χ2v) is 7.05. The second-order valence-electron chi connectivity index (χ2n) is 6.62. The number of carbonyl (C=O) groups is 1. The molecule has 1 aromatic carbocycles. The molecule has 7 nitrogen and oxygen atoms in total. The van der Waals surface area contributed by atoms with Gasteiger partial charge >= 0.3 is 0 Å². The Morgan fingerprint density at radius 2 is 1.72 bits per heavy atom. The molecule has 1 aliphatic rings. The normalized spacial score (nSPS) is 14.3. The van der Waals surface area contributed by atoms with Crippen LogP contribution >= 0.6 is 35.6 Å². The van der Waals surface area contributed by atoms with Crippen LogP contribution in [0.1, 0.15) is 0 Å². The van der Waals surface area contributed by atoms with Crippen molar-refractivity contribution in [1.82, 2.24) is 20.1 Å². The van der Waals surface area contributed by atoms with Gasteiger partial charge in [-0.05, 0) is 36.4 Å². The summed E-state index contributed by atoms with van der Waals surface area (Å²) in [5.41, 5.74) is 1.14. The number of anilines is 1. The van der Waals surface area contributed by atoms with Crippen molar-refractivity contribution in [2.75, 3.05) is 51.2 Å². The first-order chi connectivity index (χ1) is 13.7. The van der Waals surface area contributed by atoms with Crippen LogP contribution in [0.3, 0.4) is 0 Å². The van der Waals surface area contributed by atoms with Crippen LogP contribution in [0.5, 0.6) is 0 Å². The lowest BCUT2D eigenvalue weighted by atomic mass is 10.2. The minimum absolute atomic E-state index is 0. The average Bonchev–Trinajstić information content (AvgIpc) is 3.24. The van der Waals surface area contributed by atoms with E-state index in [1.807, 2.05) is 53.7 Å². The standard InChI is InChI=1S/C20H27ClN6O.HI/c1-22-20(23-8-11-25-9-2-3-10-25)24-16-19(28)27-14-12-26(13-15-27)18-6-4-17(21)5-7-18;/h2-7,9-10H,8,11-16H2,1H3,(H2,22,23,24);1H. The van der Waals surface area contributed by atoms with Gasteiger partial charge in [0.2, 0.25) is 5.91 Å². The van der Waals surface area contributed by atoms with Gasteiger partial charge in [-0.25, -0.2) is 0 Å². The second kappa shape index (κ2) is 11.9. The molecule has 9 heteroatoms. The maximum Gasteiger partial charge on any atom is 0.242 e. The van der Waals surface area contributed by atoms with E-state index < -0.39 is 0 Å². The van der Waals surface area contributed by atoms with Gasteiger partial charge < -0.3 is 25.0 Å². The van der Waals surface area contributed by atoms with E-state index in [0.29, 0.717) is 19.0 Å². The maximum absolute atomic E-state index is 12.5. The number of halogens is 2. The zero-order chi connectivity index (χ0) is 19.8. The molecule has 0 spiro atoms. The van der Waals surface area contributed by atoms with E-state index in [1.165, 1.54) is 0 Å². The molecule has 158 valence electrons. The maximum atomic E-state index is 12.5. The molecule has 29 heavy (non-hydrogen) atoms. The summed E-state index contributed by atoms with van der Waals surface area (Å²) in [4.78, 5) is 20.9. The summed E-state index contributed by atoms with van der Waals surface area (Å²) in [6.45, 7) is 4.88. The molecule has 1 saturated heterocycles. The van der Waals surface area contributed by atoms with Gasteiger partial charge in [0.25, 0.3) is 0 Å². The zero-order valence-corrected chi connectivity index (χ0v) is 19.6. The highest BCUT2D eigenvalue weighted by Gasteiger charge is 2.21. The van der Waals surface area contributed by atoms with Crippen LogP contribution in [0.2, 0.25) is 5.02 Å². The van der Waals surface area contributed by atoms with Crippen LogP contribution in [0, 0.1) is 0 Å². The number of piperazine rings is 1. The van der Waals surface area contributed by atoms with Crippen LogP contribution in [0.15, 0.2) is 53.8 Å². The Labute approximate surface area is 194 Å². The van der Waals surface area contributed by atoms with E-state index in [9.17, 15) is 4.79 Å². The molecule has 0 bridgehead atoms. The summed E-state index contributed by atoms with van der Waals surface area (Å²) < 4.78 is 2.09. The van der Waals surface area contributed by atoms with E-state index in [-0.39, 0.29) is 36.4 Å². The lowest BCUT2D eigenvalue weighted by Crippen LogP contribution is -2.52. The number of hydrogen-bond donors (Lipinski definition) is 2. The van der Waals surface area contributed by atoms with Crippen LogP contribution in [-0.4, -0.2) is 67.6 Å². The molecule has 0 saturated carbocycles. The molecule has 2 heterocycles. The molecule has 0 aliphatic carbocycles. The van der Waals surface area contributed by atoms with Gasteiger partial charge in [0.15, 0.2) is 5.96 Å². The molecular weight excluding hydrogens is 503 g/mol. The Kier molecular flexibility index (Phi) is 9.59. The Bertz CT molecular complexity index is 773. The van der Waals surface area contributed by atoms with Gasteiger partial charge in [-0.1, -0.05) is 11.6 Å². The molecule has 0 radical (unpaired) electrons. The summed E-state index contributed by atoms with van der Waals surface area (Å²) in [5.74, 6) is 0.726. The summed E-state index contributed by atoms with van der Waals surface area (Å²) in [6.07, 6.45) is 4.04. The highest BCUT2D eigenvalue weighted by molar-refractivity contribution is 14.0. The fourth-order valence-corrected chi connectivity index (χ4v) is 3.31. The van der Waals surface area contributed by atoms with Gasteiger partial charge in [-0.15, -0.1) is 24.0 Å².